The van der Waals surface area contributed by atoms with Crippen LogP contribution in [0.3, 0.4) is 0 Å². The van der Waals surface area contributed by atoms with Crippen LogP contribution >= 0.6 is 35.4 Å². The third kappa shape index (κ3) is 6.16. The van der Waals surface area contributed by atoms with Gasteiger partial charge in [0.2, 0.25) is 0 Å². The van der Waals surface area contributed by atoms with Gasteiger partial charge in [0.1, 0.15) is 5.75 Å². The molecule has 2 rings (SSSR count). The minimum absolute atomic E-state index is 0.208. The average molecular weight is 411 g/mol. The van der Waals surface area contributed by atoms with Gasteiger partial charge in [-0.1, -0.05) is 55.2 Å². The van der Waals surface area contributed by atoms with Crippen LogP contribution in [-0.2, 0) is 6.54 Å². The molecule has 0 saturated heterocycles. The molecule has 0 heterocycles. The first-order chi connectivity index (χ1) is 12.4. The Labute approximate surface area is 168 Å². The molecule has 4 nitrogen and oxygen atoms in total. The van der Waals surface area contributed by atoms with Gasteiger partial charge in [-0.05, 0) is 48.0 Å². The van der Waals surface area contributed by atoms with E-state index < -0.39 is 0 Å². The van der Waals surface area contributed by atoms with Crippen molar-refractivity contribution in [1.29, 1.82) is 0 Å². The second-order valence-electron chi connectivity index (χ2n) is 6.07. The molecule has 0 radical (unpaired) electrons. The highest BCUT2D eigenvalue weighted by molar-refractivity contribution is 7.80. The Balaban J connectivity index is 1.95. The summed E-state index contributed by atoms with van der Waals surface area (Å²) in [6.45, 7) is 5.00. The highest BCUT2D eigenvalue weighted by Gasteiger charge is 2.14. The summed E-state index contributed by atoms with van der Waals surface area (Å²) in [4.78, 5) is 12.5. The first-order valence-corrected chi connectivity index (χ1v) is 9.28. The van der Waals surface area contributed by atoms with Crippen LogP contribution in [0.15, 0.2) is 42.5 Å². The van der Waals surface area contributed by atoms with Crippen LogP contribution in [0.5, 0.6) is 5.75 Å². The summed E-state index contributed by atoms with van der Waals surface area (Å²) in [5.41, 5.74) is 1.26. The lowest BCUT2D eigenvalue weighted by atomic mass is 10.2. The van der Waals surface area contributed by atoms with Crippen LogP contribution in [0.25, 0.3) is 0 Å². The lowest BCUT2D eigenvalue weighted by Crippen LogP contribution is -2.39. The predicted molar refractivity (Wildman–Crippen MR) is 110 cm³/mol. The highest BCUT2D eigenvalue weighted by atomic mass is 35.5. The van der Waals surface area contributed by atoms with E-state index in [1.165, 1.54) is 0 Å². The average Bonchev–Trinajstić information content (AvgIpc) is 2.59. The molecule has 2 aromatic carbocycles. The normalized spacial score (nSPS) is 10.5. The van der Waals surface area contributed by atoms with Crippen LogP contribution in [0.1, 0.15) is 29.8 Å². The lowest BCUT2D eigenvalue weighted by Gasteiger charge is -2.14. The molecular formula is C19H20Cl2N2O2S. The minimum atomic E-state index is -0.330. The number of amides is 1. The Hall–Kier alpha value is -1.82. The fourth-order valence-electron chi connectivity index (χ4n) is 2.09. The molecule has 0 bridgehead atoms. The summed E-state index contributed by atoms with van der Waals surface area (Å²) in [5, 5.41) is 6.92. The molecule has 0 aliphatic heterocycles. The number of halogens is 2. The first-order valence-electron chi connectivity index (χ1n) is 8.11. The maximum Gasteiger partial charge on any atom is 0.261 e. The van der Waals surface area contributed by atoms with E-state index in [0.717, 1.165) is 5.56 Å². The van der Waals surface area contributed by atoms with E-state index in [1.807, 2.05) is 19.9 Å². The number of carbonyl (C=O) groups is 1. The van der Waals surface area contributed by atoms with Gasteiger partial charge in [-0.25, -0.2) is 0 Å². The van der Waals surface area contributed by atoms with Crippen LogP contribution < -0.4 is 15.4 Å². The van der Waals surface area contributed by atoms with E-state index in [2.05, 4.69) is 10.6 Å². The van der Waals surface area contributed by atoms with Gasteiger partial charge in [0, 0.05) is 16.6 Å². The van der Waals surface area contributed by atoms with Crippen molar-refractivity contribution in [1.82, 2.24) is 10.6 Å². The minimum Gasteiger partial charge on any atom is -0.492 e. The summed E-state index contributed by atoms with van der Waals surface area (Å²) in [6, 6.07) is 12.3. The number of para-hydroxylation sites is 1. The van der Waals surface area contributed by atoms with Gasteiger partial charge in [0.25, 0.3) is 5.91 Å². The molecule has 0 unspecified atom stereocenters. The van der Waals surface area contributed by atoms with Crippen LogP contribution in [0.2, 0.25) is 10.0 Å². The van der Waals surface area contributed by atoms with Gasteiger partial charge in [-0.15, -0.1) is 0 Å². The molecule has 1 amide bonds. The number of carbonyl (C=O) groups excluding carboxylic acids is 1. The molecular weight excluding hydrogens is 391 g/mol. The molecule has 2 N–H and O–H groups in total. The summed E-state index contributed by atoms with van der Waals surface area (Å²) in [6.07, 6.45) is 0. The van der Waals surface area contributed by atoms with Crippen molar-refractivity contribution >= 4 is 46.4 Å². The van der Waals surface area contributed by atoms with Crippen molar-refractivity contribution in [3.8, 4) is 5.75 Å². The van der Waals surface area contributed by atoms with Crippen molar-refractivity contribution in [3.05, 3.63) is 63.6 Å². The lowest BCUT2D eigenvalue weighted by molar-refractivity contribution is 0.0972. The summed E-state index contributed by atoms with van der Waals surface area (Å²) >= 11 is 17.2. The van der Waals surface area contributed by atoms with Crippen molar-refractivity contribution in [2.45, 2.75) is 20.4 Å². The Morgan fingerprint density at radius 2 is 1.92 bits per heavy atom. The maximum absolute atomic E-state index is 12.5. The van der Waals surface area contributed by atoms with E-state index in [9.17, 15) is 4.79 Å². The molecule has 0 fully saturated rings. The van der Waals surface area contributed by atoms with E-state index >= 15 is 0 Å². The molecule has 0 spiro atoms. The quantitative estimate of drug-likeness (QED) is 0.669. The summed E-state index contributed by atoms with van der Waals surface area (Å²) < 4.78 is 5.70. The van der Waals surface area contributed by atoms with Gasteiger partial charge in [-0.2, -0.15) is 0 Å². The maximum atomic E-state index is 12.5. The SMILES string of the molecule is CC(C)COc1ccccc1C(=O)NC(=S)NCc1ccc(Cl)cc1Cl. The van der Waals surface area contributed by atoms with Crippen molar-refractivity contribution in [3.63, 3.8) is 0 Å². The van der Waals surface area contributed by atoms with Gasteiger partial charge < -0.3 is 10.1 Å². The van der Waals surface area contributed by atoms with Crippen LogP contribution in [0, 0.1) is 5.92 Å². The molecule has 0 aliphatic rings. The fraction of sp³-hybridized carbons (Fsp3) is 0.263. The molecule has 7 heteroatoms. The van der Waals surface area contributed by atoms with E-state index in [1.54, 1.807) is 36.4 Å². The van der Waals surface area contributed by atoms with Crippen LogP contribution in [0.4, 0.5) is 0 Å². The van der Waals surface area contributed by atoms with Gasteiger partial charge in [0.05, 0.1) is 12.2 Å². The van der Waals surface area contributed by atoms with Crippen molar-refractivity contribution in [2.24, 2.45) is 5.92 Å². The standard InChI is InChI=1S/C19H20Cl2N2O2S/c1-12(2)11-25-17-6-4-3-5-15(17)18(24)23-19(26)22-10-13-7-8-14(20)9-16(13)21/h3-9,12H,10-11H2,1-2H3,(H2,22,23,24,26). The zero-order chi connectivity index (χ0) is 19.1. The van der Waals surface area contributed by atoms with E-state index in [0.29, 0.717) is 40.4 Å². The van der Waals surface area contributed by atoms with Crippen molar-refractivity contribution in [2.75, 3.05) is 6.61 Å². The number of ether oxygens (including phenoxy) is 1. The van der Waals surface area contributed by atoms with Crippen molar-refractivity contribution < 1.29 is 9.53 Å². The Bertz CT molecular complexity index is 797. The number of rotatable bonds is 6. The molecule has 0 aromatic heterocycles. The van der Waals surface area contributed by atoms with Gasteiger partial charge in [-0.3, -0.25) is 10.1 Å². The largest absolute Gasteiger partial charge is 0.492 e. The van der Waals surface area contributed by atoms with Crippen LogP contribution in [-0.4, -0.2) is 17.6 Å². The first kappa shape index (κ1) is 20.5. The predicted octanol–water partition coefficient (Wildman–Crippen LogP) is 4.83. The van der Waals surface area contributed by atoms with E-state index in [-0.39, 0.29) is 11.0 Å². The zero-order valence-corrected chi connectivity index (χ0v) is 16.8. The summed E-state index contributed by atoms with van der Waals surface area (Å²) in [7, 11) is 0. The Morgan fingerprint density at radius 1 is 1.19 bits per heavy atom. The smallest absolute Gasteiger partial charge is 0.261 e. The fourth-order valence-corrected chi connectivity index (χ4v) is 2.73. The third-order valence-electron chi connectivity index (χ3n) is 3.39. The number of hydrogen-bond acceptors (Lipinski definition) is 3. The second kappa shape index (κ2) is 9.76. The Kier molecular flexibility index (Phi) is 7.69. The zero-order valence-electron chi connectivity index (χ0n) is 14.5. The number of nitrogens with one attached hydrogen (secondary N) is 2. The second-order valence-corrected chi connectivity index (χ2v) is 7.33. The Morgan fingerprint density at radius 3 is 2.62 bits per heavy atom. The van der Waals surface area contributed by atoms with Gasteiger partial charge >= 0.3 is 0 Å². The topological polar surface area (TPSA) is 50.4 Å². The molecule has 26 heavy (non-hydrogen) atoms. The number of benzene rings is 2. The molecule has 138 valence electrons. The van der Waals surface area contributed by atoms with E-state index in [4.69, 9.17) is 40.2 Å². The van der Waals surface area contributed by atoms with Gasteiger partial charge in [0.15, 0.2) is 5.11 Å². The highest BCUT2D eigenvalue weighted by Crippen LogP contribution is 2.21. The molecule has 0 atom stereocenters. The molecule has 0 aliphatic carbocycles. The summed E-state index contributed by atoms with van der Waals surface area (Å²) in [5.74, 6) is 0.560. The number of thiocarbonyl (C=S) groups is 1. The monoisotopic (exact) mass is 410 g/mol. The molecule has 2 aromatic rings. The molecule has 0 saturated carbocycles. The third-order valence-corrected chi connectivity index (χ3v) is 4.22. The number of hydrogen-bond donors (Lipinski definition) is 2.